The van der Waals surface area contributed by atoms with Crippen molar-refractivity contribution >= 4 is 28.3 Å². The Bertz CT molecular complexity index is 1450. The summed E-state index contributed by atoms with van der Waals surface area (Å²) in [4.78, 5) is 38.5. The second-order valence-electron chi connectivity index (χ2n) is 7.08. The Balaban J connectivity index is 1.85. The summed E-state index contributed by atoms with van der Waals surface area (Å²) in [6.45, 7) is 1.84. The number of hydrogen-bond acceptors (Lipinski definition) is 4. The van der Waals surface area contributed by atoms with E-state index in [1.165, 1.54) is 18.3 Å². The lowest BCUT2D eigenvalue weighted by Gasteiger charge is -2.14. The van der Waals surface area contributed by atoms with Crippen molar-refractivity contribution in [3.8, 4) is 5.69 Å². The predicted molar refractivity (Wildman–Crippen MR) is 120 cm³/mol. The van der Waals surface area contributed by atoms with Gasteiger partial charge in [0.15, 0.2) is 0 Å². The Kier molecular flexibility index (Phi) is 5.99. The minimum absolute atomic E-state index is 0.0626. The molecule has 4 rings (SSSR count). The van der Waals surface area contributed by atoms with Crippen LogP contribution in [0, 0.1) is 11.6 Å². The molecule has 33 heavy (non-hydrogen) atoms. The highest BCUT2D eigenvalue weighted by Gasteiger charge is 2.20. The summed E-state index contributed by atoms with van der Waals surface area (Å²) in [5.74, 6) is -2.97. The normalized spacial score (nSPS) is 10.8. The Morgan fingerprint density at radius 3 is 2.36 bits per heavy atom. The summed E-state index contributed by atoms with van der Waals surface area (Å²) in [6.07, 6.45) is 1.20. The van der Waals surface area contributed by atoms with Crippen molar-refractivity contribution in [2.75, 3.05) is 11.9 Å². The van der Waals surface area contributed by atoms with Gasteiger partial charge in [0.05, 0.1) is 29.1 Å². The van der Waals surface area contributed by atoms with Gasteiger partial charge in [-0.1, -0.05) is 30.3 Å². The zero-order valence-corrected chi connectivity index (χ0v) is 17.5. The van der Waals surface area contributed by atoms with Crippen molar-refractivity contribution in [1.82, 2.24) is 4.57 Å². The summed E-state index contributed by atoms with van der Waals surface area (Å²) in [5.41, 5.74) is -0.328. The summed E-state index contributed by atoms with van der Waals surface area (Å²) in [6, 6.07) is 15.5. The number of para-hydroxylation sites is 1. The maximum atomic E-state index is 14.5. The van der Waals surface area contributed by atoms with E-state index in [2.05, 4.69) is 5.32 Å². The fourth-order valence-corrected chi connectivity index (χ4v) is 3.50. The predicted octanol–water partition coefficient (Wildman–Crippen LogP) is 4.70. The average molecular weight is 448 g/mol. The molecule has 0 aliphatic heterocycles. The molecule has 1 aromatic heterocycles. The van der Waals surface area contributed by atoms with E-state index in [9.17, 15) is 23.2 Å². The van der Waals surface area contributed by atoms with Gasteiger partial charge in [-0.15, -0.1) is 0 Å². The lowest BCUT2D eigenvalue weighted by molar-refractivity contribution is 0.0527. The summed E-state index contributed by atoms with van der Waals surface area (Å²) in [5, 5.41) is 3.19. The first kappa shape index (κ1) is 21.9. The first-order valence-electron chi connectivity index (χ1n) is 10.1. The van der Waals surface area contributed by atoms with Gasteiger partial charge in [0, 0.05) is 23.0 Å². The molecule has 0 radical (unpaired) electrons. The second-order valence-corrected chi connectivity index (χ2v) is 7.08. The standard InChI is InChI=1S/C25H18F2N2O4/c1-2-33-25(32)18-9-5-6-10-21(18)28-23(30)19-14-29(22-12-11-15(26)13-20(22)27)24(31)17-8-4-3-7-16(17)19/h3-14H,2H2,1H3,(H,28,30). The molecule has 8 heteroatoms. The number of aromatic nitrogens is 1. The van der Waals surface area contributed by atoms with E-state index in [0.717, 1.165) is 16.7 Å². The van der Waals surface area contributed by atoms with E-state index >= 15 is 0 Å². The molecule has 0 aliphatic rings. The van der Waals surface area contributed by atoms with Crippen LogP contribution in [0.2, 0.25) is 0 Å². The number of fused-ring (bicyclic) bond motifs is 1. The monoisotopic (exact) mass is 448 g/mol. The first-order valence-corrected chi connectivity index (χ1v) is 10.1. The minimum Gasteiger partial charge on any atom is -0.462 e. The van der Waals surface area contributed by atoms with Gasteiger partial charge in [-0.2, -0.15) is 0 Å². The van der Waals surface area contributed by atoms with E-state index in [0.29, 0.717) is 11.5 Å². The van der Waals surface area contributed by atoms with Crippen molar-refractivity contribution in [2.45, 2.75) is 6.92 Å². The van der Waals surface area contributed by atoms with Crippen molar-refractivity contribution < 1.29 is 23.1 Å². The Morgan fingerprint density at radius 1 is 0.939 bits per heavy atom. The van der Waals surface area contributed by atoms with Gasteiger partial charge >= 0.3 is 5.97 Å². The number of carbonyl (C=O) groups is 2. The number of esters is 1. The molecule has 0 spiro atoms. The fourth-order valence-electron chi connectivity index (χ4n) is 3.50. The Hall–Kier alpha value is -4.33. The molecule has 0 saturated heterocycles. The number of amides is 1. The zero-order chi connectivity index (χ0) is 23.5. The summed E-state index contributed by atoms with van der Waals surface area (Å²) < 4.78 is 33.8. The average Bonchev–Trinajstić information content (AvgIpc) is 2.80. The third-order valence-corrected chi connectivity index (χ3v) is 5.01. The van der Waals surface area contributed by atoms with Gasteiger partial charge in [0.2, 0.25) is 0 Å². The number of nitrogens with one attached hydrogen (secondary N) is 1. The van der Waals surface area contributed by atoms with Crippen LogP contribution in [-0.4, -0.2) is 23.1 Å². The minimum atomic E-state index is -0.952. The van der Waals surface area contributed by atoms with E-state index in [-0.39, 0.29) is 34.5 Å². The van der Waals surface area contributed by atoms with Crippen LogP contribution < -0.4 is 10.9 Å². The van der Waals surface area contributed by atoms with Crippen molar-refractivity contribution in [3.63, 3.8) is 0 Å². The van der Waals surface area contributed by atoms with Gasteiger partial charge in [0.25, 0.3) is 11.5 Å². The van der Waals surface area contributed by atoms with Gasteiger partial charge in [0.1, 0.15) is 11.6 Å². The number of rotatable bonds is 5. The molecule has 0 saturated carbocycles. The van der Waals surface area contributed by atoms with Gasteiger partial charge in [-0.25, -0.2) is 13.6 Å². The topological polar surface area (TPSA) is 77.4 Å². The molecule has 0 atom stereocenters. The number of anilines is 1. The van der Waals surface area contributed by atoms with E-state index in [1.807, 2.05) is 0 Å². The van der Waals surface area contributed by atoms with Gasteiger partial charge in [-0.05, 0) is 37.3 Å². The Labute approximate surface area is 187 Å². The van der Waals surface area contributed by atoms with Crippen LogP contribution in [-0.2, 0) is 4.74 Å². The highest BCUT2D eigenvalue weighted by atomic mass is 19.1. The number of carbonyl (C=O) groups excluding carboxylic acids is 2. The second kappa shape index (κ2) is 9.04. The van der Waals surface area contributed by atoms with Crippen LogP contribution in [0.3, 0.4) is 0 Å². The summed E-state index contributed by atoms with van der Waals surface area (Å²) in [7, 11) is 0. The number of nitrogens with zero attached hydrogens (tertiary/aromatic N) is 1. The van der Waals surface area contributed by atoms with E-state index in [4.69, 9.17) is 4.74 Å². The molecule has 3 aromatic carbocycles. The number of hydrogen-bond donors (Lipinski definition) is 1. The summed E-state index contributed by atoms with van der Waals surface area (Å²) >= 11 is 0. The lowest BCUT2D eigenvalue weighted by atomic mass is 10.1. The van der Waals surface area contributed by atoms with E-state index < -0.39 is 29.1 Å². The molecule has 0 aliphatic carbocycles. The SMILES string of the molecule is CCOC(=O)c1ccccc1NC(=O)c1cn(-c2ccc(F)cc2F)c(=O)c2ccccc12. The largest absolute Gasteiger partial charge is 0.462 e. The molecule has 166 valence electrons. The molecule has 1 heterocycles. The van der Waals surface area contributed by atoms with Crippen LogP contribution in [0.15, 0.2) is 77.7 Å². The van der Waals surface area contributed by atoms with Crippen molar-refractivity contribution in [3.05, 3.63) is 106 Å². The first-order chi connectivity index (χ1) is 15.9. The molecule has 4 aromatic rings. The maximum absolute atomic E-state index is 14.5. The molecule has 1 N–H and O–H groups in total. The third-order valence-electron chi connectivity index (χ3n) is 5.01. The zero-order valence-electron chi connectivity index (χ0n) is 17.5. The molecule has 1 amide bonds. The number of halogens is 2. The van der Waals surface area contributed by atoms with Gasteiger partial charge in [-0.3, -0.25) is 14.2 Å². The molecule has 0 bridgehead atoms. The fraction of sp³-hybridized carbons (Fsp3) is 0.0800. The van der Waals surface area contributed by atoms with Crippen LogP contribution in [0.25, 0.3) is 16.5 Å². The van der Waals surface area contributed by atoms with E-state index in [1.54, 1.807) is 43.3 Å². The molecule has 0 unspecified atom stereocenters. The number of pyridine rings is 1. The van der Waals surface area contributed by atoms with Crippen molar-refractivity contribution in [1.29, 1.82) is 0 Å². The smallest absolute Gasteiger partial charge is 0.340 e. The highest BCUT2D eigenvalue weighted by molar-refractivity contribution is 6.14. The van der Waals surface area contributed by atoms with Gasteiger partial charge < -0.3 is 10.1 Å². The van der Waals surface area contributed by atoms with Crippen LogP contribution >= 0.6 is 0 Å². The number of ether oxygens (including phenoxy) is 1. The molecular weight excluding hydrogens is 430 g/mol. The number of benzene rings is 3. The van der Waals surface area contributed by atoms with Crippen LogP contribution in [0.1, 0.15) is 27.6 Å². The maximum Gasteiger partial charge on any atom is 0.340 e. The quantitative estimate of drug-likeness (QED) is 0.449. The highest BCUT2D eigenvalue weighted by Crippen LogP contribution is 2.22. The van der Waals surface area contributed by atoms with Crippen molar-refractivity contribution in [2.24, 2.45) is 0 Å². The van der Waals surface area contributed by atoms with Crippen LogP contribution in [0.4, 0.5) is 14.5 Å². The molecular formula is C25H18F2N2O4. The Morgan fingerprint density at radius 2 is 1.64 bits per heavy atom. The molecule has 6 nitrogen and oxygen atoms in total. The molecule has 0 fully saturated rings. The lowest BCUT2D eigenvalue weighted by Crippen LogP contribution is -2.24. The van der Waals surface area contributed by atoms with Crippen LogP contribution in [0.5, 0.6) is 0 Å². The third kappa shape index (κ3) is 4.23.